The van der Waals surface area contributed by atoms with Crippen molar-refractivity contribution in [3.8, 4) is 0 Å². The van der Waals surface area contributed by atoms with Crippen LogP contribution in [-0.2, 0) is 6.54 Å². The molecular weight excluding hydrogens is 278 g/mol. The highest BCUT2D eigenvalue weighted by atomic mass is 79.9. The Balaban J connectivity index is 2.06. The second-order valence-electron chi connectivity index (χ2n) is 3.14. The van der Waals surface area contributed by atoms with Crippen molar-refractivity contribution in [2.24, 2.45) is 0 Å². The first-order valence-corrected chi connectivity index (χ1v) is 5.94. The fraction of sp³-hybridized carbons (Fsp3) is 0.250. The molecule has 2 aromatic heterocycles. The van der Waals surface area contributed by atoms with Crippen LogP contribution in [0.4, 0.5) is 11.9 Å². The predicted molar refractivity (Wildman–Crippen MR) is 64.9 cm³/mol. The second-order valence-corrected chi connectivity index (χ2v) is 5.43. The molecule has 0 atom stereocenters. The number of hydrogen-bond donors (Lipinski definition) is 2. The summed E-state index contributed by atoms with van der Waals surface area (Å²) in [6.07, 6.45) is 0. The number of aromatic nitrogens is 3. The summed E-state index contributed by atoms with van der Waals surface area (Å²) in [5.74, 6) is 0.943. The van der Waals surface area contributed by atoms with Crippen LogP contribution in [0.5, 0.6) is 0 Å². The van der Waals surface area contributed by atoms with Crippen LogP contribution in [-0.4, -0.2) is 22.2 Å². The number of nitrogens with zero attached hydrogens (tertiary/aromatic N) is 3. The third-order valence-electron chi connectivity index (χ3n) is 1.87. The summed E-state index contributed by atoms with van der Waals surface area (Å²) in [6, 6.07) is 2.08. The third-order valence-corrected chi connectivity index (χ3v) is 3.43. The molecule has 0 aromatic carbocycles. The lowest BCUT2D eigenvalue weighted by Gasteiger charge is -2.12. The third kappa shape index (κ3) is 2.48. The number of H-pyrrole nitrogens is 1. The first-order chi connectivity index (χ1) is 7.15. The van der Waals surface area contributed by atoms with Crippen LogP contribution in [0.1, 0.15) is 5.56 Å². The smallest absolute Gasteiger partial charge is 0.246 e. The Kier molecular flexibility index (Phi) is 2.92. The Hall–Kier alpha value is -1.08. The fourth-order valence-electron chi connectivity index (χ4n) is 1.21. The number of rotatable bonds is 3. The summed E-state index contributed by atoms with van der Waals surface area (Å²) in [5.41, 5.74) is 6.67. The van der Waals surface area contributed by atoms with Gasteiger partial charge < -0.3 is 10.6 Å². The molecule has 0 saturated carbocycles. The molecule has 80 valence electrons. The molecule has 2 rings (SSSR count). The van der Waals surface area contributed by atoms with Gasteiger partial charge in [-0.3, -0.25) is 0 Å². The maximum atomic E-state index is 5.45. The zero-order valence-electron chi connectivity index (χ0n) is 8.07. The van der Waals surface area contributed by atoms with E-state index in [0.29, 0.717) is 11.9 Å². The van der Waals surface area contributed by atoms with Crippen molar-refractivity contribution in [3.05, 3.63) is 20.8 Å². The molecule has 2 aromatic rings. The summed E-state index contributed by atoms with van der Waals surface area (Å²) in [6.45, 7) is 0.763. The molecule has 0 bridgehead atoms. The van der Waals surface area contributed by atoms with Crippen LogP contribution in [0.15, 0.2) is 15.2 Å². The van der Waals surface area contributed by atoms with Gasteiger partial charge in [-0.05, 0) is 32.9 Å². The Morgan fingerprint density at radius 3 is 3.00 bits per heavy atom. The largest absolute Gasteiger partial charge is 0.368 e. The van der Waals surface area contributed by atoms with E-state index < -0.39 is 0 Å². The van der Waals surface area contributed by atoms with Crippen molar-refractivity contribution < 1.29 is 0 Å². The lowest BCUT2D eigenvalue weighted by molar-refractivity contribution is 0.873. The van der Waals surface area contributed by atoms with E-state index in [1.165, 1.54) is 5.56 Å². The average Bonchev–Trinajstić information content (AvgIpc) is 2.75. The normalized spacial score (nSPS) is 10.5. The van der Waals surface area contributed by atoms with Gasteiger partial charge in [-0.1, -0.05) is 0 Å². The number of nitrogens with two attached hydrogens (primary N) is 1. The molecule has 0 aliphatic carbocycles. The molecule has 0 spiro atoms. The highest BCUT2D eigenvalue weighted by Gasteiger charge is 2.08. The molecule has 3 N–H and O–H groups in total. The maximum Gasteiger partial charge on any atom is 0.246 e. The summed E-state index contributed by atoms with van der Waals surface area (Å²) in [4.78, 5) is 5.97. The molecule has 0 saturated heterocycles. The van der Waals surface area contributed by atoms with Crippen molar-refractivity contribution in [3.63, 3.8) is 0 Å². The van der Waals surface area contributed by atoms with Crippen molar-refractivity contribution >= 4 is 39.2 Å². The summed E-state index contributed by atoms with van der Waals surface area (Å²) >= 11 is 5.09. The van der Waals surface area contributed by atoms with Gasteiger partial charge >= 0.3 is 0 Å². The minimum atomic E-state index is 0.336. The molecule has 2 heterocycles. The number of hydrogen-bond acceptors (Lipinski definition) is 5. The van der Waals surface area contributed by atoms with Crippen molar-refractivity contribution in [1.29, 1.82) is 0 Å². The minimum absolute atomic E-state index is 0.336. The summed E-state index contributed by atoms with van der Waals surface area (Å²) < 4.78 is 1.13. The van der Waals surface area contributed by atoms with E-state index in [1.54, 1.807) is 11.3 Å². The van der Waals surface area contributed by atoms with Gasteiger partial charge in [0.25, 0.3) is 0 Å². The highest BCUT2D eigenvalue weighted by Crippen LogP contribution is 2.22. The molecule has 0 fully saturated rings. The number of aromatic amines is 1. The molecule has 0 unspecified atom stereocenters. The van der Waals surface area contributed by atoms with E-state index in [4.69, 9.17) is 5.73 Å². The van der Waals surface area contributed by atoms with E-state index in [-0.39, 0.29) is 0 Å². The Labute approximate surface area is 99.4 Å². The van der Waals surface area contributed by atoms with Gasteiger partial charge in [-0.15, -0.1) is 16.4 Å². The maximum absolute atomic E-state index is 5.45. The number of nitrogen functional groups attached to an aromatic ring is 1. The van der Waals surface area contributed by atoms with Gasteiger partial charge in [0, 0.05) is 13.6 Å². The van der Waals surface area contributed by atoms with Gasteiger partial charge in [0.2, 0.25) is 11.9 Å². The Morgan fingerprint density at radius 2 is 2.47 bits per heavy atom. The van der Waals surface area contributed by atoms with E-state index in [1.807, 2.05) is 11.9 Å². The molecule has 5 nitrogen and oxygen atoms in total. The van der Waals surface area contributed by atoms with E-state index in [2.05, 4.69) is 42.6 Å². The van der Waals surface area contributed by atoms with Crippen LogP contribution in [0, 0.1) is 0 Å². The molecule has 7 heteroatoms. The second kappa shape index (κ2) is 4.19. The number of nitrogens with one attached hydrogen (secondary N) is 1. The van der Waals surface area contributed by atoms with E-state index in [0.717, 1.165) is 10.3 Å². The predicted octanol–water partition coefficient (Wildman–Crippen LogP) is 1.85. The van der Waals surface area contributed by atoms with E-state index >= 15 is 0 Å². The first-order valence-electron chi connectivity index (χ1n) is 4.27. The zero-order chi connectivity index (χ0) is 10.8. The molecule has 0 radical (unpaired) electrons. The lowest BCUT2D eigenvalue weighted by atomic mass is 10.3. The quantitative estimate of drug-likeness (QED) is 0.904. The fourth-order valence-corrected chi connectivity index (χ4v) is 2.41. The summed E-state index contributed by atoms with van der Waals surface area (Å²) in [7, 11) is 1.92. The first kappa shape index (κ1) is 10.4. The van der Waals surface area contributed by atoms with Crippen molar-refractivity contribution in [1.82, 2.24) is 15.2 Å². The monoisotopic (exact) mass is 287 g/mol. The lowest BCUT2D eigenvalue weighted by Crippen LogP contribution is -2.17. The van der Waals surface area contributed by atoms with Crippen LogP contribution in [0.3, 0.4) is 0 Å². The van der Waals surface area contributed by atoms with Crippen LogP contribution < -0.4 is 10.6 Å². The number of thiophene rings is 1. The van der Waals surface area contributed by atoms with Gasteiger partial charge in [-0.2, -0.15) is 4.98 Å². The average molecular weight is 288 g/mol. The Bertz CT molecular complexity index is 451. The molecular formula is C8H10BrN5S. The standard InChI is InChI=1S/C8H10BrN5S/c1-14(8-11-7(10)12-13-8)3-5-2-6(9)15-4-5/h2,4H,3H2,1H3,(H3,10,11,12,13). The van der Waals surface area contributed by atoms with Crippen LogP contribution in [0.2, 0.25) is 0 Å². The van der Waals surface area contributed by atoms with Gasteiger partial charge in [0.1, 0.15) is 0 Å². The van der Waals surface area contributed by atoms with Gasteiger partial charge in [0.05, 0.1) is 3.79 Å². The van der Waals surface area contributed by atoms with Crippen LogP contribution >= 0.6 is 27.3 Å². The SMILES string of the molecule is CN(Cc1csc(Br)c1)c1n[nH]c(N)n1. The minimum Gasteiger partial charge on any atom is -0.368 e. The Morgan fingerprint density at radius 1 is 1.67 bits per heavy atom. The van der Waals surface area contributed by atoms with Crippen LogP contribution in [0.25, 0.3) is 0 Å². The molecule has 15 heavy (non-hydrogen) atoms. The number of anilines is 2. The topological polar surface area (TPSA) is 70.8 Å². The van der Waals surface area contributed by atoms with E-state index in [9.17, 15) is 0 Å². The highest BCUT2D eigenvalue weighted by molar-refractivity contribution is 9.11. The molecule has 0 aliphatic rings. The van der Waals surface area contributed by atoms with Crippen molar-refractivity contribution in [2.45, 2.75) is 6.54 Å². The molecule has 0 aliphatic heterocycles. The van der Waals surface area contributed by atoms with Gasteiger partial charge in [-0.25, -0.2) is 5.10 Å². The zero-order valence-corrected chi connectivity index (χ0v) is 10.5. The van der Waals surface area contributed by atoms with Gasteiger partial charge in [0.15, 0.2) is 0 Å². The molecule has 0 amide bonds. The van der Waals surface area contributed by atoms with Crippen molar-refractivity contribution in [2.75, 3.05) is 17.7 Å². The summed E-state index contributed by atoms with van der Waals surface area (Å²) in [5, 5.41) is 8.68. The number of halogens is 1.